The van der Waals surface area contributed by atoms with E-state index in [1.54, 1.807) is 12.3 Å². The molecule has 2 aromatic rings. The molecular weight excluding hydrogens is 286 g/mol. The van der Waals surface area contributed by atoms with E-state index in [4.69, 9.17) is 0 Å². The molecule has 2 N–H and O–H groups in total. The molecule has 6 heteroatoms. The molecule has 0 spiro atoms. The van der Waals surface area contributed by atoms with Crippen LogP contribution in [0.2, 0.25) is 0 Å². The zero-order chi connectivity index (χ0) is 14.7. The van der Waals surface area contributed by atoms with Crippen molar-refractivity contribution in [2.24, 2.45) is 5.92 Å². The van der Waals surface area contributed by atoms with Crippen molar-refractivity contribution in [2.45, 2.75) is 12.8 Å². The van der Waals surface area contributed by atoms with Crippen LogP contribution in [0.25, 0.3) is 10.9 Å². The van der Waals surface area contributed by atoms with Gasteiger partial charge in [-0.2, -0.15) is 0 Å². The smallest absolute Gasteiger partial charge is 0.233 e. The van der Waals surface area contributed by atoms with E-state index < -0.39 is 10.0 Å². The number of benzene rings is 1. The molecule has 1 aliphatic rings. The summed E-state index contributed by atoms with van der Waals surface area (Å²) in [6, 6.07) is 9.17. The van der Waals surface area contributed by atoms with Gasteiger partial charge < -0.3 is 5.32 Å². The van der Waals surface area contributed by atoms with Gasteiger partial charge in [0.2, 0.25) is 10.0 Å². The number of fused-ring (bicyclic) bond motifs is 1. The Labute approximate surface area is 124 Å². The average Bonchev–Trinajstić information content (AvgIpc) is 2.48. The molecule has 1 fully saturated rings. The Kier molecular flexibility index (Phi) is 4.07. The molecule has 1 saturated heterocycles. The van der Waals surface area contributed by atoms with Gasteiger partial charge in [-0.1, -0.05) is 6.07 Å². The predicted octanol–water partition coefficient (Wildman–Crippen LogP) is 1.98. The average molecular weight is 305 g/mol. The highest BCUT2D eigenvalue weighted by Gasteiger charge is 2.21. The number of aromatic nitrogens is 1. The fourth-order valence-electron chi connectivity index (χ4n) is 2.76. The number of pyridine rings is 1. The van der Waals surface area contributed by atoms with Gasteiger partial charge in [0.15, 0.2) is 0 Å². The highest BCUT2D eigenvalue weighted by Crippen LogP contribution is 2.23. The Bertz CT molecular complexity index is 719. The van der Waals surface area contributed by atoms with Crippen LogP contribution in [0.4, 0.5) is 5.69 Å². The van der Waals surface area contributed by atoms with Gasteiger partial charge >= 0.3 is 0 Å². The van der Waals surface area contributed by atoms with Crippen LogP contribution in [-0.2, 0) is 10.0 Å². The molecule has 0 unspecified atom stereocenters. The predicted molar refractivity (Wildman–Crippen MR) is 84.7 cm³/mol. The third-order valence-corrected chi connectivity index (χ3v) is 5.27. The van der Waals surface area contributed by atoms with Gasteiger partial charge in [-0.3, -0.25) is 9.71 Å². The summed E-state index contributed by atoms with van der Waals surface area (Å²) in [4.78, 5) is 4.24. The number of sulfonamides is 1. The third kappa shape index (κ3) is 3.51. The topological polar surface area (TPSA) is 71.1 Å². The minimum Gasteiger partial charge on any atom is -0.317 e. The first-order valence-corrected chi connectivity index (χ1v) is 8.84. The van der Waals surface area contributed by atoms with Crippen molar-refractivity contribution in [1.82, 2.24) is 10.3 Å². The molecular formula is C15H19N3O2S. The lowest BCUT2D eigenvalue weighted by atomic mass is 10.0. The van der Waals surface area contributed by atoms with E-state index in [9.17, 15) is 8.42 Å². The molecule has 0 saturated carbocycles. The Morgan fingerprint density at radius 2 is 2.00 bits per heavy atom. The quantitative estimate of drug-likeness (QED) is 0.906. The van der Waals surface area contributed by atoms with E-state index >= 15 is 0 Å². The van der Waals surface area contributed by atoms with Crippen molar-refractivity contribution in [3.05, 3.63) is 36.5 Å². The monoisotopic (exact) mass is 305 g/mol. The van der Waals surface area contributed by atoms with Gasteiger partial charge in [0.1, 0.15) is 0 Å². The number of nitrogens with one attached hydrogen (secondary N) is 2. The number of nitrogens with zero attached hydrogens (tertiary/aromatic N) is 1. The van der Waals surface area contributed by atoms with Crippen LogP contribution in [0.1, 0.15) is 12.8 Å². The molecule has 0 bridgehead atoms. The summed E-state index contributed by atoms with van der Waals surface area (Å²) in [6.45, 7) is 1.80. The molecule has 21 heavy (non-hydrogen) atoms. The first-order chi connectivity index (χ1) is 10.1. The molecule has 3 rings (SSSR count). The largest absolute Gasteiger partial charge is 0.317 e. The SMILES string of the molecule is O=S(=O)(CC1CCNCC1)Nc1cccc2ncccc12. The second kappa shape index (κ2) is 5.99. The Morgan fingerprint density at radius 1 is 1.19 bits per heavy atom. The summed E-state index contributed by atoms with van der Waals surface area (Å²) in [5.41, 5.74) is 1.40. The fourth-order valence-corrected chi connectivity index (χ4v) is 4.31. The van der Waals surface area contributed by atoms with E-state index in [1.165, 1.54) is 0 Å². The molecule has 112 valence electrons. The minimum absolute atomic E-state index is 0.186. The maximum Gasteiger partial charge on any atom is 0.233 e. The summed E-state index contributed by atoms with van der Waals surface area (Å²) in [5, 5.41) is 4.08. The molecule has 1 aromatic carbocycles. The number of piperidine rings is 1. The van der Waals surface area contributed by atoms with Gasteiger partial charge in [-0.25, -0.2) is 8.42 Å². The maximum atomic E-state index is 12.4. The number of rotatable bonds is 4. The lowest BCUT2D eigenvalue weighted by Crippen LogP contribution is -2.33. The summed E-state index contributed by atoms with van der Waals surface area (Å²) < 4.78 is 27.4. The molecule has 5 nitrogen and oxygen atoms in total. The Balaban J connectivity index is 1.80. The molecule has 0 aliphatic carbocycles. The zero-order valence-electron chi connectivity index (χ0n) is 11.7. The summed E-state index contributed by atoms with van der Waals surface area (Å²) in [6.07, 6.45) is 3.53. The van der Waals surface area contributed by atoms with Crippen LogP contribution in [0.15, 0.2) is 36.5 Å². The van der Waals surface area contributed by atoms with E-state index in [1.807, 2.05) is 24.3 Å². The van der Waals surface area contributed by atoms with E-state index in [-0.39, 0.29) is 11.7 Å². The lowest BCUT2D eigenvalue weighted by molar-refractivity contribution is 0.402. The van der Waals surface area contributed by atoms with Crippen molar-refractivity contribution in [2.75, 3.05) is 23.6 Å². The first-order valence-electron chi connectivity index (χ1n) is 7.19. The summed E-state index contributed by atoms with van der Waals surface area (Å²) in [7, 11) is -3.33. The highest BCUT2D eigenvalue weighted by molar-refractivity contribution is 7.92. The van der Waals surface area contributed by atoms with Crippen LogP contribution >= 0.6 is 0 Å². The van der Waals surface area contributed by atoms with Crippen molar-refractivity contribution in [3.8, 4) is 0 Å². The molecule has 0 amide bonds. The van der Waals surface area contributed by atoms with Gasteiger partial charge in [-0.05, 0) is 56.1 Å². The summed E-state index contributed by atoms with van der Waals surface area (Å²) in [5.74, 6) is 0.419. The van der Waals surface area contributed by atoms with Gasteiger partial charge in [0.05, 0.1) is 17.0 Å². The van der Waals surface area contributed by atoms with Crippen LogP contribution in [0.5, 0.6) is 0 Å². The first kappa shape index (κ1) is 14.3. The standard InChI is InChI=1S/C15H19N3O2S/c19-21(20,11-12-6-9-16-10-7-12)18-15-5-1-4-14-13(15)3-2-8-17-14/h1-5,8,12,16,18H,6-7,9-11H2. The number of anilines is 1. The Hall–Kier alpha value is -1.66. The second-order valence-corrected chi connectivity index (χ2v) is 7.22. The van der Waals surface area contributed by atoms with E-state index in [0.29, 0.717) is 5.69 Å². The minimum atomic E-state index is -3.33. The molecule has 1 aromatic heterocycles. The van der Waals surface area contributed by atoms with Crippen LogP contribution in [0.3, 0.4) is 0 Å². The maximum absolute atomic E-state index is 12.4. The van der Waals surface area contributed by atoms with Crippen LogP contribution in [-0.4, -0.2) is 32.2 Å². The second-order valence-electron chi connectivity index (χ2n) is 5.45. The highest BCUT2D eigenvalue weighted by atomic mass is 32.2. The lowest BCUT2D eigenvalue weighted by Gasteiger charge is -2.22. The zero-order valence-corrected chi connectivity index (χ0v) is 12.6. The van der Waals surface area contributed by atoms with E-state index in [2.05, 4.69) is 15.0 Å². The Morgan fingerprint density at radius 3 is 2.81 bits per heavy atom. The number of hydrogen-bond acceptors (Lipinski definition) is 4. The van der Waals surface area contributed by atoms with Gasteiger partial charge in [-0.15, -0.1) is 0 Å². The normalized spacial score (nSPS) is 17.0. The van der Waals surface area contributed by atoms with Gasteiger partial charge in [0.25, 0.3) is 0 Å². The third-order valence-electron chi connectivity index (χ3n) is 3.82. The van der Waals surface area contributed by atoms with E-state index in [0.717, 1.165) is 36.8 Å². The van der Waals surface area contributed by atoms with Crippen molar-refractivity contribution in [3.63, 3.8) is 0 Å². The van der Waals surface area contributed by atoms with Crippen LogP contribution in [0, 0.1) is 5.92 Å². The van der Waals surface area contributed by atoms with Crippen LogP contribution < -0.4 is 10.0 Å². The van der Waals surface area contributed by atoms with Crippen molar-refractivity contribution < 1.29 is 8.42 Å². The van der Waals surface area contributed by atoms with Gasteiger partial charge in [0, 0.05) is 11.6 Å². The van der Waals surface area contributed by atoms with Crippen molar-refractivity contribution >= 4 is 26.6 Å². The molecule has 0 radical (unpaired) electrons. The molecule has 2 heterocycles. The fraction of sp³-hybridized carbons (Fsp3) is 0.400. The number of hydrogen-bond donors (Lipinski definition) is 2. The van der Waals surface area contributed by atoms with Crippen molar-refractivity contribution in [1.29, 1.82) is 0 Å². The summed E-state index contributed by atoms with van der Waals surface area (Å²) >= 11 is 0. The molecule has 0 atom stereocenters. The molecule has 1 aliphatic heterocycles.